The van der Waals surface area contributed by atoms with E-state index in [-0.39, 0.29) is 23.2 Å². The molecule has 28 heavy (non-hydrogen) atoms. The summed E-state index contributed by atoms with van der Waals surface area (Å²) in [4.78, 5) is 29.4. The van der Waals surface area contributed by atoms with Crippen LogP contribution in [0.4, 0.5) is 4.39 Å². The minimum atomic E-state index is -0.921. The summed E-state index contributed by atoms with van der Waals surface area (Å²) in [6.07, 6.45) is 2.64. The molecule has 2 aromatic heterocycles. The number of carbonyl (C=O) groups is 1. The average Bonchev–Trinajstić information content (AvgIpc) is 3.05. The number of fused-ring (bicyclic) bond motifs is 5. The number of aromatic nitrogens is 2. The van der Waals surface area contributed by atoms with Gasteiger partial charge in [-0.2, -0.15) is 0 Å². The third-order valence-electron chi connectivity index (χ3n) is 6.08. The van der Waals surface area contributed by atoms with Crippen molar-refractivity contribution >= 4 is 16.9 Å². The van der Waals surface area contributed by atoms with Crippen molar-refractivity contribution in [3.8, 4) is 0 Å². The Kier molecular flexibility index (Phi) is 3.87. The van der Waals surface area contributed by atoms with Crippen molar-refractivity contribution < 1.29 is 14.3 Å². The molecule has 2 aliphatic heterocycles. The van der Waals surface area contributed by atoms with Gasteiger partial charge in [-0.05, 0) is 36.6 Å². The van der Waals surface area contributed by atoms with Crippen LogP contribution in [0.5, 0.6) is 0 Å². The number of likely N-dealkylation sites (tertiary alicyclic amines) is 1. The van der Waals surface area contributed by atoms with Crippen LogP contribution in [-0.4, -0.2) is 38.6 Å². The third kappa shape index (κ3) is 2.65. The quantitative estimate of drug-likeness (QED) is 0.731. The van der Waals surface area contributed by atoms with Crippen LogP contribution < -0.4 is 5.56 Å². The number of carboxylic acids is 1. The van der Waals surface area contributed by atoms with E-state index in [9.17, 15) is 19.1 Å². The van der Waals surface area contributed by atoms with Gasteiger partial charge in [0, 0.05) is 60.0 Å². The molecular formula is C21H20FN3O3. The van der Waals surface area contributed by atoms with Crippen LogP contribution in [0.3, 0.4) is 0 Å². The number of H-pyrrole nitrogens is 1. The summed E-state index contributed by atoms with van der Waals surface area (Å²) in [5, 5.41) is 10.8. The summed E-state index contributed by atoms with van der Waals surface area (Å²) >= 11 is 0. The smallest absolute Gasteiger partial charge is 0.325 e. The van der Waals surface area contributed by atoms with Crippen LogP contribution in [0, 0.1) is 11.7 Å². The lowest BCUT2D eigenvalue weighted by Crippen LogP contribution is -2.49. The number of rotatable bonds is 3. The molecule has 2 aliphatic rings. The van der Waals surface area contributed by atoms with Crippen molar-refractivity contribution in [1.82, 2.24) is 14.5 Å². The number of hydrogen-bond donors (Lipinski definition) is 2. The molecule has 2 bridgehead atoms. The topological polar surface area (TPSA) is 78.3 Å². The third-order valence-corrected chi connectivity index (χ3v) is 6.08. The molecule has 5 rings (SSSR count). The lowest BCUT2D eigenvalue weighted by Gasteiger charge is -2.44. The fraction of sp³-hybridized carbons (Fsp3) is 0.333. The second-order valence-electron chi connectivity index (χ2n) is 7.83. The molecule has 7 heteroatoms. The number of nitrogens with zero attached hydrogens (tertiary/aromatic N) is 2. The predicted molar refractivity (Wildman–Crippen MR) is 102 cm³/mol. The lowest BCUT2D eigenvalue weighted by molar-refractivity contribution is -0.144. The molecule has 6 nitrogen and oxygen atoms in total. The van der Waals surface area contributed by atoms with Gasteiger partial charge in [-0.1, -0.05) is 6.07 Å². The second kappa shape index (κ2) is 6.31. The van der Waals surface area contributed by atoms with E-state index in [1.807, 2.05) is 15.5 Å². The van der Waals surface area contributed by atoms with E-state index in [4.69, 9.17) is 0 Å². The molecule has 4 heterocycles. The largest absolute Gasteiger partial charge is 0.480 e. The Hall–Kier alpha value is -2.93. The Balaban J connectivity index is 1.54. The van der Waals surface area contributed by atoms with Crippen LogP contribution in [0.25, 0.3) is 10.9 Å². The first kappa shape index (κ1) is 17.2. The summed E-state index contributed by atoms with van der Waals surface area (Å²) < 4.78 is 15.3. The highest BCUT2D eigenvalue weighted by molar-refractivity contribution is 5.89. The number of piperidine rings is 1. The first-order valence-corrected chi connectivity index (χ1v) is 9.44. The SMILES string of the molecule is O=C(O)[C@H](c1c[nH]c2cc(F)ccc12)N1C[C@H]2C[C@H](C1)c1cccc(=O)n1C2. The molecule has 0 saturated carbocycles. The Bertz CT molecular complexity index is 1140. The Morgan fingerprint density at radius 2 is 2.07 bits per heavy atom. The second-order valence-corrected chi connectivity index (χ2v) is 7.83. The monoisotopic (exact) mass is 381 g/mol. The molecule has 3 aromatic rings. The van der Waals surface area contributed by atoms with Gasteiger partial charge in [-0.15, -0.1) is 0 Å². The van der Waals surface area contributed by atoms with E-state index in [1.54, 1.807) is 24.4 Å². The zero-order valence-corrected chi connectivity index (χ0v) is 15.1. The van der Waals surface area contributed by atoms with Gasteiger partial charge in [0.05, 0.1) is 0 Å². The van der Waals surface area contributed by atoms with Gasteiger partial charge in [0.2, 0.25) is 0 Å². The number of hydrogen-bond acceptors (Lipinski definition) is 3. The molecule has 0 spiro atoms. The molecule has 1 aromatic carbocycles. The van der Waals surface area contributed by atoms with Crippen LogP contribution in [0.15, 0.2) is 47.4 Å². The van der Waals surface area contributed by atoms with E-state index in [0.29, 0.717) is 30.7 Å². The summed E-state index contributed by atoms with van der Waals surface area (Å²) in [7, 11) is 0. The van der Waals surface area contributed by atoms with Crippen LogP contribution in [0.2, 0.25) is 0 Å². The molecule has 2 N–H and O–H groups in total. The van der Waals surface area contributed by atoms with Gasteiger partial charge in [-0.3, -0.25) is 14.5 Å². The molecular weight excluding hydrogens is 361 g/mol. The number of halogens is 1. The van der Waals surface area contributed by atoms with Crippen molar-refractivity contribution in [3.63, 3.8) is 0 Å². The summed E-state index contributed by atoms with van der Waals surface area (Å²) in [6.45, 7) is 1.81. The molecule has 0 unspecified atom stereocenters. The van der Waals surface area contributed by atoms with Gasteiger partial charge < -0.3 is 14.7 Å². The standard InChI is InChI=1S/C21H20FN3O3/c22-14-4-5-15-16(8-23-17(15)7-14)20(21(27)28)24-9-12-6-13(11-24)18-2-1-3-19(26)25(18)10-12/h1-5,7-8,12-13,20,23H,6,9-11H2,(H,27,28)/t12-,13-,20+/m1/s1. The fourth-order valence-corrected chi connectivity index (χ4v) is 4.98. The van der Waals surface area contributed by atoms with E-state index < -0.39 is 12.0 Å². The first-order valence-electron chi connectivity index (χ1n) is 9.44. The normalized spacial score (nSPS) is 22.8. The minimum Gasteiger partial charge on any atom is -0.480 e. The zero-order valence-electron chi connectivity index (χ0n) is 15.1. The van der Waals surface area contributed by atoms with Crippen molar-refractivity contribution in [1.29, 1.82) is 0 Å². The van der Waals surface area contributed by atoms with Gasteiger partial charge in [0.25, 0.3) is 5.56 Å². The van der Waals surface area contributed by atoms with E-state index >= 15 is 0 Å². The van der Waals surface area contributed by atoms with Crippen molar-refractivity contribution in [2.75, 3.05) is 13.1 Å². The Labute approximate surface area is 160 Å². The zero-order chi connectivity index (χ0) is 19.4. The van der Waals surface area contributed by atoms with Crippen LogP contribution in [0.1, 0.15) is 29.6 Å². The number of pyridine rings is 1. The first-order chi connectivity index (χ1) is 13.5. The van der Waals surface area contributed by atoms with E-state index in [0.717, 1.165) is 17.5 Å². The maximum atomic E-state index is 13.5. The molecule has 3 atom stereocenters. The fourth-order valence-electron chi connectivity index (χ4n) is 4.98. The van der Waals surface area contributed by atoms with Crippen molar-refractivity contribution in [3.05, 3.63) is 70.0 Å². The summed E-state index contributed by atoms with van der Waals surface area (Å²) in [5.41, 5.74) is 2.23. The number of nitrogens with one attached hydrogen (secondary N) is 1. The van der Waals surface area contributed by atoms with Gasteiger partial charge in [0.1, 0.15) is 11.9 Å². The molecule has 144 valence electrons. The van der Waals surface area contributed by atoms with Crippen LogP contribution in [-0.2, 0) is 11.3 Å². The van der Waals surface area contributed by atoms with E-state index in [2.05, 4.69) is 4.98 Å². The number of benzene rings is 1. The number of aromatic amines is 1. The van der Waals surface area contributed by atoms with E-state index in [1.165, 1.54) is 12.1 Å². The maximum absolute atomic E-state index is 13.5. The van der Waals surface area contributed by atoms with Gasteiger partial charge >= 0.3 is 5.97 Å². The minimum absolute atomic E-state index is 0.00842. The molecule has 0 aliphatic carbocycles. The predicted octanol–water partition coefficient (Wildman–Crippen LogP) is 2.71. The van der Waals surface area contributed by atoms with Crippen LogP contribution >= 0.6 is 0 Å². The lowest BCUT2D eigenvalue weighted by atomic mass is 9.82. The molecule has 1 saturated heterocycles. The van der Waals surface area contributed by atoms with Gasteiger partial charge in [0.15, 0.2) is 0 Å². The number of aliphatic carboxylic acids is 1. The average molecular weight is 381 g/mol. The van der Waals surface area contributed by atoms with Crippen molar-refractivity contribution in [2.45, 2.75) is 24.9 Å². The highest BCUT2D eigenvalue weighted by Crippen LogP contribution is 2.39. The van der Waals surface area contributed by atoms with Gasteiger partial charge in [-0.25, -0.2) is 4.39 Å². The summed E-state index contributed by atoms with van der Waals surface area (Å²) in [6, 6.07) is 8.87. The Morgan fingerprint density at radius 3 is 2.89 bits per heavy atom. The number of carboxylic acid groups (broad SMARTS) is 1. The van der Waals surface area contributed by atoms with Crippen molar-refractivity contribution in [2.24, 2.45) is 5.92 Å². The summed E-state index contributed by atoms with van der Waals surface area (Å²) in [5.74, 6) is -0.917. The Morgan fingerprint density at radius 1 is 1.21 bits per heavy atom. The molecule has 1 fully saturated rings. The molecule has 0 radical (unpaired) electrons. The maximum Gasteiger partial charge on any atom is 0.325 e. The highest BCUT2D eigenvalue weighted by Gasteiger charge is 2.40. The highest BCUT2D eigenvalue weighted by atomic mass is 19.1. The molecule has 0 amide bonds.